The smallest absolute Gasteiger partial charge is 0.338 e. The summed E-state index contributed by atoms with van der Waals surface area (Å²) in [5.41, 5.74) is 5.85. The summed E-state index contributed by atoms with van der Waals surface area (Å²) in [7, 11) is 0. The molecule has 0 saturated carbocycles. The molecular weight excluding hydrogens is 382 g/mol. The minimum atomic E-state index is -0.817. The maximum absolute atomic E-state index is 12.7. The van der Waals surface area contributed by atoms with Gasteiger partial charge in [-0.1, -0.05) is 19.1 Å². The lowest BCUT2D eigenvalue weighted by molar-refractivity contribution is -0.383. The Kier molecular flexibility index (Phi) is 5.84. The molecule has 0 spiro atoms. The van der Waals surface area contributed by atoms with Crippen LogP contribution in [0.4, 0.5) is 17.1 Å². The van der Waals surface area contributed by atoms with Crippen molar-refractivity contribution in [2.75, 3.05) is 23.8 Å². The first-order valence-electron chi connectivity index (χ1n) is 8.64. The van der Waals surface area contributed by atoms with E-state index >= 15 is 0 Å². The molecule has 1 unspecified atom stereocenters. The lowest BCUT2D eigenvalue weighted by Gasteiger charge is -2.22. The molecule has 0 aromatic heterocycles. The number of rotatable bonds is 4. The van der Waals surface area contributed by atoms with Crippen molar-refractivity contribution in [1.29, 1.82) is 0 Å². The molecular formula is C19H19N3O5S. The summed E-state index contributed by atoms with van der Waals surface area (Å²) in [6, 6.07) is 11.2. The molecule has 1 aliphatic rings. The number of nitrogen functional groups attached to an aromatic ring is 1. The van der Waals surface area contributed by atoms with Crippen LogP contribution in [-0.2, 0) is 9.53 Å². The van der Waals surface area contributed by atoms with E-state index in [9.17, 15) is 19.7 Å². The fraction of sp³-hybridized carbons (Fsp3) is 0.263. The number of nitrogens with two attached hydrogens (primary N) is 1. The fourth-order valence-electron chi connectivity index (χ4n) is 2.86. The molecule has 8 nitrogen and oxygen atoms in total. The molecule has 3 rings (SSSR count). The molecule has 0 radical (unpaired) electrons. The zero-order chi connectivity index (χ0) is 20.3. The van der Waals surface area contributed by atoms with E-state index in [1.165, 1.54) is 12.1 Å². The molecule has 2 aromatic rings. The summed E-state index contributed by atoms with van der Waals surface area (Å²) in [6.45, 7) is 2.17. The van der Waals surface area contributed by atoms with Crippen LogP contribution in [0.15, 0.2) is 47.4 Å². The van der Waals surface area contributed by atoms with E-state index in [4.69, 9.17) is 10.5 Å². The highest BCUT2D eigenvalue weighted by molar-refractivity contribution is 8.00. The highest BCUT2D eigenvalue weighted by Crippen LogP contribution is 2.37. The molecule has 0 saturated heterocycles. The first kappa shape index (κ1) is 19.7. The number of hydrogen-bond donors (Lipinski definition) is 1. The summed E-state index contributed by atoms with van der Waals surface area (Å²) in [6.07, 6.45) is 0.809. The van der Waals surface area contributed by atoms with Gasteiger partial charge in [-0.05, 0) is 30.7 Å². The number of carbonyl (C=O) groups excluding carboxylic acids is 2. The Bertz CT molecular complexity index is 934. The van der Waals surface area contributed by atoms with Crippen LogP contribution >= 0.6 is 11.8 Å². The van der Waals surface area contributed by atoms with Gasteiger partial charge in [0.2, 0.25) is 0 Å². The van der Waals surface area contributed by atoms with Gasteiger partial charge in [0.1, 0.15) is 5.69 Å². The van der Waals surface area contributed by atoms with Gasteiger partial charge in [-0.25, -0.2) is 4.79 Å². The first-order chi connectivity index (χ1) is 13.4. The summed E-state index contributed by atoms with van der Waals surface area (Å²) in [5.74, 6) is -1.16. The Balaban J connectivity index is 1.71. The van der Waals surface area contributed by atoms with Crippen molar-refractivity contribution in [2.24, 2.45) is 0 Å². The standard InChI is InChI=1S/C19H19N3O5S/c1-12-8-9-21(15-4-2-3-5-17(15)28-12)18(23)11-27-19(24)13-6-7-14(20)16(10-13)22(25)26/h2-7,10,12H,8-9,11,20H2,1H3. The van der Waals surface area contributed by atoms with Crippen LogP contribution in [-0.4, -0.2) is 35.2 Å². The van der Waals surface area contributed by atoms with Crippen molar-refractivity contribution < 1.29 is 19.2 Å². The number of fused-ring (bicyclic) bond motifs is 1. The Morgan fingerprint density at radius 3 is 2.82 bits per heavy atom. The zero-order valence-electron chi connectivity index (χ0n) is 15.2. The third kappa shape index (κ3) is 4.25. The summed E-state index contributed by atoms with van der Waals surface area (Å²) < 4.78 is 5.10. The number of anilines is 2. The number of nitro groups is 1. The van der Waals surface area contributed by atoms with E-state index in [0.717, 1.165) is 23.1 Å². The van der Waals surface area contributed by atoms with Crippen molar-refractivity contribution in [3.05, 3.63) is 58.1 Å². The van der Waals surface area contributed by atoms with E-state index in [1.54, 1.807) is 16.7 Å². The Morgan fingerprint density at radius 2 is 2.07 bits per heavy atom. The van der Waals surface area contributed by atoms with Gasteiger partial charge in [0.05, 0.1) is 16.2 Å². The maximum Gasteiger partial charge on any atom is 0.338 e. The average molecular weight is 401 g/mol. The molecule has 9 heteroatoms. The largest absolute Gasteiger partial charge is 0.452 e. The molecule has 1 aliphatic heterocycles. The number of esters is 1. The van der Waals surface area contributed by atoms with Gasteiger partial charge in [0.15, 0.2) is 6.61 Å². The van der Waals surface area contributed by atoms with Crippen LogP contribution in [0.3, 0.4) is 0 Å². The summed E-state index contributed by atoms with van der Waals surface area (Å²) in [5, 5.41) is 11.3. The van der Waals surface area contributed by atoms with Gasteiger partial charge in [-0.3, -0.25) is 14.9 Å². The number of nitrogens with zero attached hydrogens (tertiary/aromatic N) is 2. The Hall–Kier alpha value is -3.07. The minimum Gasteiger partial charge on any atom is -0.452 e. The Labute approximate surface area is 165 Å². The van der Waals surface area contributed by atoms with Crippen LogP contribution in [0, 0.1) is 10.1 Å². The maximum atomic E-state index is 12.7. The van der Waals surface area contributed by atoms with Crippen molar-refractivity contribution in [3.63, 3.8) is 0 Å². The van der Waals surface area contributed by atoms with Crippen LogP contribution < -0.4 is 10.6 Å². The number of hydrogen-bond acceptors (Lipinski definition) is 7. The van der Waals surface area contributed by atoms with Crippen molar-refractivity contribution in [3.8, 4) is 0 Å². The van der Waals surface area contributed by atoms with E-state index < -0.39 is 17.5 Å². The predicted molar refractivity (Wildman–Crippen MR) is 107 cm³/mol. The number of amides is 1. The molecule has 1 heterocycles. The minimum absolute atomic E-state index is 0.0332. The number of para-hydroxylation sites is 1. The zero-order valence-corrected chi connectivity index (χ0v) is 16.0. The van der Waals surface area contributed by atoms with Crippen LogP contribution in [0.1, 0.15) is 23.7 Å². The second kappa shape index (κ2) is 8.30. The quantitative estimate of drug-likeness (QED) is 0.362. The SMILES string of the molecule is CC1CCN(C(=O)COC(=O)c2ccc(N)c([N+](=O)[O-])c2)c2ccccc2S1. The van der Waals surface area contributed by atoms with Crippen molar-refractivity contribution >= 4 is 40.7 Å². The van der Waals surface area contributed by atoms with E-state index in [-0.39, 0.29) is 22.8 Å². The van der Waals surface area contributed by atoms with E-state index in [2.05, 4.69) is 6.92 Å². The van der Waals surface area contributed by atoms with Crippen LogP contribution in [0.5, 0.6) is 0 Å². The van der Waals surface area contributed by atoms with Gasteiger partial charge < -0.3 is 15.4 Å². The molecule has 1 amide bonds. The second-order valence-electron chi connectivity index (χ2n) is 6.34. The number of benzene rings is 2. The Morgan fingerprint density at radius 1 is 1.32 bits per heavy atom. The van der Waals surface area contributed by atoms with Crippen LogP contribution in [0.2, 0.25) is 0 Å². The number of ether oxygens (including phenoxy) is 1. The molecule has 2 aromatic carbocycles. The molecule has 146 valence electrons. The molecule has 0 fully saturated rings. The topological polar surface area (TPSA) is 116 Å². The molecule has 28 heavy (non-hydrogen) atoms. The summed E-state index contributed by atoms with van der Waals surface area (Å²) in [4.78, 5) is 37.8. The first-order valence-corrected chi connectivity index (χ1v) is 9.52. The number of nitro benzene ring substituents is 1. The van der Waals surface area contributed by atoms with E-state index in [0.29, 0.717) is 11.8 Å². The molecule has 2 N–H and O–H groups in total. The third-order valence-electron chi connectivity index (χ3n) is 4.33. The normalized spacial score (nSPS) is 16.0. The monoisotopic (exact) mass is 401 g/mol. The molecule has 1 atom stereocenters. The van der Waals surface area contributed by atoms with Gasteiger partial charge in [0.25, 0.3) is 11.6 Å². The highest BCUT2D eigenvalue weighted by Gasteiger charge is 2.25. The lowest BCUT2D eigenvalue weighted by Crippen LogP contribution is -2.35. The van der Waals surface area contributed by atoms with Crippen molar-refractivity contribution in [1.82, 2.24) is 0 Å². The molecule has 0 bridgehead atoms. The highest BCUT2D eigenvalue weighted by atomic mass is 32.2. The average Bonchev–Trinajstić information content (AvgIpc) is 2.84. The van der Waals surface area contributed by atoms with E-state index in [1.807, 2.05) is 24.3 Å². The van der Waals surface area contributed by atoms with Crippen LogP contribution in [0.25, 0.3) is 0 Å². The lowest BCUT2D eigenvalue weighted by atomic mass is 10.2. The number of carbonyl (C=O) groups is 2. The third-order valence-corrected chi connectivity index (χ3v) is 5.57. The van der Waals surface area contributed by atoms with Gasteiger partial charge in [-0.2, -0.15) is 0 Å². The van der Waals surface area contributed by atoms with Gasteiger partial charge >= 0.3 is 5.97 Å². The van der Waals surface area contributed by atoms with Gasteiger partial charge in [0, 0.05) is 22.8 Å². The van der Waals surface area contributed by atoms with Gasteiger partial charge in [-0.15, -0.1) is 11.8 Å². The summed E-state index contributed by atoms with van der Waals surface area (Å²) >= 11 is 1.70. The van der Waals surface area contributed by atoms with Crippen molar-refractivity contribution in [2.45, 2.75) is 23.5 Å². The number of thioether (sulfide) groups is 1. The fourth-order valence-corrected chi connectivity index (χ4v) is 3.98. The predicted octanol–water partition coefficient (Wildman–Crippen LogP) is 3.25. The second-order valence-corrected chi connectivity index (χ2v) is 7.82. The molecule has 0 aliphatic carbocycles.